The number of phenolic OH excluding ortho intramolecular Hbond substituents is 2. The van der Waals surface area contributed by atoms with E-state index < -0.39 is 0 Å². The van der Waals surface area contributed by atoms with Crippen molar-refractivity contribution >= 4 is 11.4 Å². The molecule has 0 radical (unpaired) electrons. The molecule has 48 heavy (non-hydrogen) atoms. The third-order valence-corrected chi connectivity index (χ3v) is 8.91. The van der Waals surface area contributed by atoms with Crippen molar-refractivity contribution in [2.45, 2.75) is 38.9 Å². The number of ether oxygens (including phenoxy) is 2. The van der Waals surface area contributed by atoms with Crippen LogP contribution in [0.4, 0.5) is 11.4 Å². The van der Waals surface area contributed by atoms with Gasteiger partial charge in [-0.25, -0.2) is 0 Å². The molecule has 0 saturated carbocycles. The first-order valence-corrected chi connectivity index (χ1v) is 16.2. The number of nitrogen functional groups attached to an aromatic ring is 2. The standard InChI is InChI=1S/C42H38N2O4/c43-37-21-33-17-29-13-7-14-30(41(29)47-25-27-9-3-1-4-10-27)18-34-22-38(44)24-36(40(34)46)20-32-16-8-15-31(19-35(23-37)39(33)45)42(32)48-26-28-11-5-2-6-12-28/h1-16,21-24,45-46H,17-20,25-26,43-44H2. The summed E-state index contributed by atoms with van der Waals surface area (Å²) in [5.41, 5.74) is 22.6. The number of anilines is 2. The van der Waals surface area contributed by atoms with Gasteiger partial charge in [0.1, 0.15) is 36.2 Å². The Morgan fingerprint density at radius 3 is 1.04 bits per heavy atom. The molecule has 240 valence electrons. The van der Waals surface area contributed by atoms with Crippen molar-refractivity contribution in [2.75, 3.05) is 11.5 Å². The van der Waals surface area contributed by atoms with E-state index in [9.17, 15) is 10.2 Å². The molecule has 6 N–H and O–H groups in total. The number of hydrogen-bond acceptors (Lipinski definition) is 6. The number of aromatic hydroxyl groups is 2. The lowest BCUT2D eigenvalue weighted by molar-refractivity contribution is 0.300. The number of hydrogen-bond donors (Lipinski definition) is 4. The molecule has 0 amide bonds. The zero-order valence-corrected chi connectivity index (χ0v) is 26.7. The second-order valence-corrected chi connectivity index (χ2v) is 12.4. The molecule has 0 unspecified atom stereocenters. The van der Waals surface area contributed by atoms with Crippen LogP contribution in [0, 0.1) is 0 Å². The topological polar surface area (TPSA) is 111 Å². The van der Waals surface area contributed by atoms with Crippen molar-refractivity contribution in [3.05, 3.63) is 177 Å². The van der Waals surface area contributed by atoms with E-state index in [4.69, 9.17) is 20.9 Å². The Bertz CT molecular complexity index is 1840. The van der Waals surface area contributed by atoms with E-state index >= 15 is 0 Å². The van der Waals surface area contributed by atoms with Crippen LogP contribution in [0.1, 0.15) is 55.6 Å². The van der Waals surface area contributed by atoms with Crippen molar-refractivity contribution in [2.24, 2.45) is 0 Å². The van der Waals surface area contributed by atoms with Gasteiger partial charge in [0.15, 0.2) is 0 Å². The van der Waals surface area contributed by atoms with Gasteiger partial charge in [0, 0.05) is 59.3 Å². The Morgan fingerprint density at radius 2 is 0.729 bits per heavy atom. The summed E-state index contributed by atoms with van der Waals surface area (Å²) in [6.45, 7) is 0.737. The number of para-hydroxylation sites is 2. The van der Waals surface area contributed by atoms with E-state index in [2.05, 4.69) is 0 Å². The molecule has 0 fully saturated rings. The Morgan fingerprint density at radius 1 is 0.417 bits per heavy atom. The van der Waals surface area contributed by atoms with Gasteiger partial charge in [-0.2, -0.15) is 0 Å². The summed E-state index contributed by atoms with van der Waals surface area (Å²) in [7, 11) is 0. The van der Waals surface area contributed by atoms with Gasteiger partial charge in [0.2, 0.25) is 0 Å². The van der Waals surface area contributed by atoms with Crippen LogP contribution >= 0.6 is 0 Å². The van der Waals surface area contributed by atoms with Gasteiger partial charge in [-0.05, 0) is 57.6 Å². The Hall–Kier alpha value is -5.88. The molecule has 1 aliphatic carbocycles. The normalized spacial score (nSPS) is 12.3. The fourth-order valence-electron chi connectivity index (χ4n) is 6.60. The molecule has 6 aromatic rings. The van der Waals surface area contributed by atoms with Gasteiger partial charge in [-0.15, -0.1) is 0 Å². The van der Waals surface area contributed by atoms with Gasteiger partial charge in [-0.3, -0.25) is 0 Å². The van der Waals surface area contributed by atoms with E-state index in [-0.39, 0.29) is 11.5 Å². The third kappa shape index (κ3) is 6.65. The number of rotatable bonds is 6. The van der Waals surface area contributed by atoms with Crippen molar-refractivity contribution < 1.29 is 19.7 Å². The minimum absolute atomic E-state index is 0.200. The highest BCUT2D eigenvalue weighted by atomic mass is 16.5. The Kier molecular flexibility index (Phi) is 8.63. The molecule has 7 rings (SSSR count). The highest BCUT2D eigenvalue weighted by molar-refractivity contribution is 5.61. The van der Waals surface area contributed by atoms with Gasteiger partial charge in [-0.1, -0.05) is 97.1 Å². The second kappa shape index (κ2) is 13.5. The molecule has 8 bridgehead atoms. The fourth-order valence-corrected chi connectivity index (χ4v) is 6.60. The van der Waals surface area contributed by atoms with Crippen LogP contribution in [0.3, 0.4) is 0 Å². The predicted octanol–water partition coefficient (Wildman–Crippen LogP) is 8.10. The maximum absolute atomic E-state index is 11.7. The first-order valence-electron chi connectivity index (χ1n) is 16.2. The summed E-state index contributed by atoms with van der Waals surface area (Å²) in [5, 5.41) is 23.5. The smallest absolute Gasteiger partial charge is 0.126 e. The van der Waals surface area contributed by atoms with Crippen LogP contribution in [0.2, 0.25) is 0 Å². The van der Waals surface area contributed by atoms with E-state index in [1.54, 1.807) is 0 Å². The zero-order valence-electron chi connectivity index (χ0n) is 26.7. The largest absolute Gasteiger partial charge is 0.507 e. The molecule has 0 heterocycles. The molecule has 0 atom stereocenters. The Balaban J connectivity index is 1.38. The highest BCUT2D eigenvalue weighted by Crippen LogP contribution is 2.39. The van der Waals surface area contributed by atoms with Crippen molar-refractivity contribution in [1.82, 2.24) is 0 Å². The molecular weight excluding hydrogens is 596 g/mol. The second-order valence-electron chi connectivity index (χ2n) is 12.4. The first kappa shape index (κ1) is 30.8. The summed E-state index contributed by atoms with van der Waals surface area (Å²) >= 11 is 0. The SMILES string of the molecule is Nc1cc2c(O)c(c1)Cc1cccc(c1OCc1ccccc1)Cc1cc(N)cc(c1O)Cc1cccc(c1OCc1ccccc1)C2. The van der Waals surface area contributed by atoms with Gasteiger partial charge < -0.3 is 31.2 Å². The molecule has 6 aromatic carbocycles. The van der Waals surface area contributed by atoms with Crippen LogP contribution in [0.25, 0.3) is 0 Å². The first-order chi connectivity index (χ1) is 23.4. The van der Waals surface area contributed by atoms with E-state index in [0.29, 0.717) is 84.0 Å². The summed E-state index contributed by atoms with van der Waals surface area (Å²) < 4.78 is 13.1. The zero-order chi connectivity index (χ0) is 33.0. The molecule has 0 spiro atoms. The quantitative estimate of drug-likeness (QED) is 0.109. The predicted molar refractivity (Wildman–Crippen MR) is 191 cm³/mol. The number of benzene rings is 6. The average Bonchev–Trinajstić information content (AvgIpc) is 3.09. The van der Waals surface area contributed by atoms with Crippen LogP contribution in [0.15, 0.2) is 121 Å². The van der Waals surface area contributed by atoms with Gasteiger partial charge >= 0.3 is 0 Å². The fraction of sp³-hybridized carbons (Fsp3) is 0.143. The van der Waals surface area contributed by atoms with Crippen LogP contribution in [0.5, 0.6) is 23.0 Å². The Labute approximate surface area is 280 Å². The molecule has 0 aliphatic heterocycles. The molecule has 6 heteroatoms. The van der Waals surface area contributed by atoms with E-state index in [1.807, 2.05) is 121 Å². The number of nitrogens with two attached hydrogens (primary N) is 2. The van der Waals surface area contributed by atoms with Crippen molar-refractivity contribution in [3.8, 4) is 23.0 Å². The van der Waals surface area contributed by atoms with Crippen molar-refractivity contribution in [1.29, 1.82) is 0 Å². The molecular formula is C42H38N2O4. The number of fused-ring (bicyclic) bond motifs is 8. The van der Waals surface area contributed by atoms with Crippen LogP contribution < -0.4 is 20.9 Å². The van der Waals surface area contributed by atoms with Gasteiger partial charge in [0.05, 0.1) is 0 Å². The van der Waals surface area contributed by atoms with Crippen LogP contribution in [-0.4, -0.2) is 10.2 Å². The monoisotopic (exact) mass is 634 g/mol. The summed E-state index contributed by atoms with van der Waals surface area (Å²) in [4.78, 5) is 0. The molecule has 0 saturated heterocycles. The highest BCUT2D eigenvalue weighted by Gasteiger charge is 2.21. The minimum atomic E-state index is 0.200. The van der Waals surface area contributed by atoms with E-state index in [1.165, 1.54) is 0 Å². The van der Waals surface area contributed by atoms with Crippen LogP contribution in [-0.2, 0) is 38.9 Å². The lowest BCUT2D eigenvalue weighted by Gasteiger charge is -2.21. The molecule has 6 nitrogen and oxygen atoms in total. The third-order valence-electron chi connectivity index (χ3n) is 8.91. The van der Waals surface area contributed by atoms with Crippen molar-refractivity contribution in [3.63, 3.8) is 0 Å². The maximum Gasteiger partial charge on any atom is 0.126 e. The molecule has 1 aliphatic rings. The summed E-state index contributed by atoms with van der Waals surface area (Å²) in [6.07, 6.45) is 1.58. The van der Waals surface area contributed by atoms with Gasteiger partial charge in [0.25, 0.3) is 0 Å². The lowest BCUT2D eigenvalue weighted by atomic mass is 9.91. The van der Waals surface area contributed by atoms with E-state index in [0.717, 1.165) is 33.4 Å². The summed E-state index contributed by atoms with van der Waals surface area (Å²) in [5.74, 6) is 1.82. The number of phenols is 2. The summed E-state index contributed by atoms with van der Waals surface area (Å²) in [6, 6.07) is 39.4. The molecule has 0 aromatic heterocycles. The maximum atomic E-state index is 11.7. The minimum Gasteiger partial charge on any atom is -0.507 e. The lowest BCUT2D eigenvalue weighted by Crippen LogP contribution is -2.07. The average molecular weight is 635 g/mol.